The number of rotatable bonds is 5. The zero-order valence-corrected chi connectivity index (χ0v) is 10.2. The van der Waals surface area contributed by atoms with E-state index in [1.54, 1.807) is 30.8 Å². The normalized spacial score (nSPS) is 12.1. The van der Waals surface area contributed by atoms with E-state index in [9.17, 15) is 9.59 Å². The van der Waals surface area contributed by atoms with Crippen molar-refractivity contribution in [3.63, 3.8) is 0 Å². The Labute approximate surface area is 99.4 Å². The Morgan fingerprint density at radius 2 is 1.88 bits per heavy atom. The number of carbonyl (C=O) groups is 2. The zero-order valence-electron chi connectivity index (χ0n) is 9.40. The summed E-state index contributed by atoms with van der Waals surface area (Å²) in [5, 5.41) is 0. The second-order valence-corrected chi connectivity index (χ2v) is 4.79. The second-order valence-electron chi connectivity index (χ2n) is 3.69. The highest BCUT2D eigenvalue weighted by atomic mass is 32.2. The number of benzene rings is 1. The molecular formula is C12H15NO2S. The molecule has 1 rings (SSSR count). The summed E-state index contributed by atoms with van der Waals surface area (Å²) in [6.07, 6.45) is 0. The Morgan fingerprint density at radius 1 is 1.31 bits per heavy atom. The molecular weight excluding hydrogens is 222 g/mol. The lowest BCUT2D eigenvalue weighted by atomic mass is 10.2. The van der Waals surface area contributed by atoms with Crippen LogP contribution < -0.4 is 5.73 Å². The predicted octanol–water partition coefficient (Wildman–Crippen LogP) is 2.10. The van der Waals surface area contributed by atoms with Crippen LogP contribution in [0.2, 0.25) is 0 Å². The Bertz CT molecular complexity index is 387. The SMILES string of the molecule is CC(=O)c1ccc(SCC(C)C(N)=O)cc1. The molecule has 0 radical (unpaired) electrons. The Balaban J connectivity index is 2.56. The van der Waals surface area contributed by atoms with E-state index in [2.05, 4.69) is 0 Å². The van der Waals surface area contributed by atoms with Crippen molar-refractivity contribution in [2.75, 3.05) is 5.75 Å². The van der Waals surface area contributed by atoms with Crippen LogP contribution in [0.25, 0.3) is 0 Å². The zero-order chi connectivity index (χ0) is 12.1. The molecule has 2 N–H and O–H groups in total. The lowest BCUT2D eigenvalue weighted by molar-refractivity contribution is -0.120. The number of carbonyl (C=O) groups excluding carboxylic acids is 2. The van der Waals surface area contributed by atoms with Gasteiger partial charge in [-0.15, -0.1) is 11.8 Å². The number of primary amides is 1. The van der Waals surface area contributed by atoms with Gasteiger partial charge in [-0.2, -0.15) is 0 Å². The van der Waals surface area contributed by atoms with E-state index in [0.29, 0.717) is 11.3 Å². The maximum atomic E-state index is 11.0. The molecule has 3 nitrogen and oxygen atoms in total. The molecule has 16 heavy (non-hydrogen) atoms. The van der Waals surface area contributed by atoms with Gasteiger partial charge < -0.3 is 5.73 Å². The third kappa shape index (κ3) is 3.70. The van der Waals surface area contributed by atoms with Crippen LogP contribution in [0.3, 0.4) is 0 Å². The van der Waals surface area contributed by atoms with Gasteiger partial charge in [0.15, 0.2) is 5.78 Å². The first-order chi connectivity index (χ1) is 7.50. The summed E-state index contributed by atoms with van der Waals surface area (Å²) in [7, 11) is 0. The first kappa shape index (κ1) is 12.8. The third-order valence-electron chi connectivity index (χ3n) is 2.25. The van der Waals surface area contributed by atoms with Crippen LogP contribution in [0, 0.1) is 5.92 Å². The topological polar surface area (TPSA) is 60.2 Å². The van der Waals surface area contributed by atoms with Crippen molar-refractivity contribution in [2.45, 2.75) is 18.7 Å². The molecule has 0 spiro atoms. The fourth-order valence-corrected chi connectivity index (χ4v) is 2.02. The van der Waals surface area contributed by atoms with Crippen LogP contribution in [0.1, 0.15) is 24.2 Å². The van der Waals surface area contributed by atoms with Crippen molar-refractivity contribution in [1.29, 1.82) is 0 Å². The van der Waals surface area contributed by atoms with Gasteiger partial charge in [0.1, 0.15) is 0 Å². The molecule has 0 aliphatic heterocycles. The summed E-state index contributed by atoms with van der Waals surface area (Å²) in [4.78, 5) is 22.9. The predicted molar refractivity (Wildman–Crippen MR) is 65.5 cm³/mol. The van der Waals surface area contributed by atoms with Gasteiger partial charge in [0, 0.05) is 22.1 Å². The smallest absolute Gasteiger partial charge is 0.221 e. The van der Waals surface area contributed by atoms with Gasteiger partial charge in [-0.1, -0.05) is 19.1 Å². The van der Waals surface area contributed by atoms with Gasteiger partial charge >= 0.3 is 0 Å². The van der Waals surface area contributed by atoms with E-state index in [1.165, 1.54) is 6.92 Å². The number of amides is 1. The van der Waals surface area contributed by atoms with Gasteiger partial charge in [0.25, 0.3) is 0 Å². The molecule has 0 aliphatic carbocycles. The highest BCUT2D eigenvalue weighted by Gasteiger charge is 2.08. The van der Waals surface area contributed by atoms with E-state index in [0.717, 1.165) is 4.90 Å². The average molecular weight is 237 g/mol. The number of Topliss-reactive ketones (excluding diaryl/α,β-unsaturated/α-hetero) is 1. The Hall–Kier alpha value is -1.29. The fraction of sp³-hybridized carbons (Fsp3) is 0.333. The highest BCUT2D eigenvalue weighted by Crippen LogP contribution is 2.21. The van der Waals surface area contributed by atoms with Gasteiger partial charge in [0.2, 0.25) is 5.91 Å². The number of thioether (sulfide) groups is 1. The maximum Gasteiger partial charge on any atom is 0.221 e. The molecule has 0 saturated heterocycles. The molecule has 86 valence electrons. The summed E-state index contributed by atoms with van der Waals surface area (Å²) in [6.45, 7) is 3.34. The van der Waals surface area contributed by atoms with Crippen LogP contribution in [0.4, 0.5) is 0 Å². The van der Waals surface area contributed by atoms with Gasteiger partial charge in [0.05, 0.1) is 0 Å². The molecule has 0 aromatic heterocycles. The van der Waals surface area contributed by atoms with E-state index in [1.807, 2.05) is 12.1 Å². The molecule has 0 heterocycles. The summed E-state index contributed by atoms with van der Waals surface area (Å²) in [6, 6.07) is 7.35. The van der Waals surface area contributed by atoms with Crippen LogP contribution >= 0.6 is 11.8 Å². The molecule has 0 aliphatic rings. The summed E-state index contributed by atoms with van der Waals surface area (Å²) >= 11 is 1.57. The van der Waals surface area contributed by atoms with Gasteiger partial charge in [-0.05, 0) is 19.1 Å². The first-order valence-electron chi connectivity index (χ1n) is 5.04. The van der Waals surface area contributed by atoms with Crippen LogP contribution in [-0.2, 0) is 4.79 Å². The van der Waals surface area contributed by atoms with Crippen LogP contribution in [-0.4, -0.2) is 17.4 Å². The van der Waals surface area contributed by atoms with Crippen LogP contribution in [0.15, 0.2) is 29.2 Å². The third-order valence-corrected chi connectivity index (χ3v) is 3.52. The Kier molecular flexibility index (Phi) is 4.55. The fourth-order valence-electron chi connectivity index (χ4n) is 1.09. The summed E-state index contributed by atoms with van der Waals surface area (Å²) in [5.74, 6) is 0.293. The number of hydrogen-bond acceptors (Lipinski definition) is 3. The second kappa shape index (κ2) is 5.70. The van der Waals surface area contributed by atoms with E-state index in [-0.39, 0.29) is 17.6 Å². The molecule has 0 saturated carbocycles. The van der Waals surface area contributed by atoms with E-state index in [4.69, 9.17) is 5.73 Å². The standard InChI is InChI=1S/C12H15NO2S/c1-8(12(13)15)7-16-11-5-3-10(4-6-11)9(2)14/h3-6,8H,7H2,1-2H3,(H2,13,15). The molecule has 0 fully saturated rings. The minimum Gasteiger partial charge on any atom is -0.369 e. The molecule has 1 aromatic rings. The average Bonchev–Trinajstić information content (AvgIpc) is 2.26. The van der Waals surface area contributed by atoms with E-state index >= 15 is 0 Å². The molecule has 1 atom stereocenters. The number of ketones is 1. The lowest BCUT2D eigenvalue weighted by Crippen LogP contribution is -2.22. The van der Waals surface area contributed by atoms with Crippen LogP contribution in [0.5, 0.6) is 0 Å². The largest absolute Gasteiger partial charge is 0.369 e. The van der Waals surface area contributed by atoms with Crippen molar-refractivity contribution < 1.29 is 9.59 Å². The minimum atomic E-state index is -0.284. The molecule has 0 bridgehead atoms. The maximum absolute atomic E-state index is 11.0. The first-order valence-corrected chi connectivity index (χ1v) is 6.02. The quantitative estimate of drug-likeness (QED) is 0.630. The molecule has 1 amide bonds. The van der Waals surface area contributed by atoms with Crippen molar-refractivity contribution >= 4 is 23.5 Å². The number of nitrogens with two attached hydrogens (primary N) is 1. The van der Waals surface area contributed by atoms with E-state index < -0.39 is 0 Å². The monoisotopic (exact) mass is 237 g/mol. The Morgan fingerprint density at radius 3 is 2.31 bits per heavy atom. The van der Waals surface area contributed by atoms with Crippen molar-refractivity contribution in [3.8, 4) is 0 Å². The number of hydrogen-bond donors (Lipinski definition) is 1. The van der Waals surface area contributed by atoms with Crippen molar-refractivity contribution in [1.82, 2.24) is 0 Å². The summed E-state index contributed by atoms with van der Waals surface area (Å²) < 4.78 is 0. The van der Waals surface area contributed by atoms with Crippen molar-refractivity contribution in [3.05, 3.63) is 29.8 Å². The molecule has 4 heteroatoms. The molecule has 1 aromatic carbocycles. The van der Waals surface area contributed by atoms with Gasteiger partial charge in [-0.3, -0.25) is 9.59 Å². The summed E-state index contributed by atoms with van der Waals surface area (Å²) in [5.41, 5.74) is 5.87. The molecule has 1 unspecified atom stereocenters. The van der Waals surface area contributed by atoms with Gasteiger partial charge in [-0.25, -0.2) is 0 Å². The highest BCUT2D eigenvalue weighted by molar-refractivity contribution is 7.99. The van der Waals surface area contributed by atoms with Crippen molar-refractivity contribution in [2.24, 2.45) is 11.7 Å². The minimum absolute atomic E-state index is 0.0575. The lowest BCUT2D eigenvalue weighted by Gasteiger charge is -2.06.